The van der Waals surface area contributed by atoms with Crippen LogP contribution >= 0.6 is 0 Å². The third-order valence-corrected chi connectivity index (χ3v) is 2.33. The standard InChI is InChI=1S/C10H19NO2/c1-3-5-8(2)11-10(12)9-6-4-7-13-9/h8-9H,3-7H2,1-2H3,(H,11,12). The van der Waals surface area contributed by atoms with Gasteiger partial charge in [0.1, 0.15) is 6.10 Å². The Kier molecular flexibility index (Phi) is 4.22. The Hall–Kier alpha value is -0.570. The lowest BCUT2D eigenvalue weighted by Crippen LogP contribution is -2.39. The van der Waals surface area contributed by atoms with Crippen LogP contribution in [-0.4, -0.2) is 24.7 Å². The summed E-state index contributed by atoms with van der Waals surface area (Å²) in [5, 5.41) is 2.96. The lowest BCUT2D eigenvalue weighted by Gasteiger charge is -2.15. The monoisotopic (exact) mass is 185 g/mol. The zero-order valence-corrected chi connectivity index (χ0v) is 8.51. The van der Waals surface area contributed by atoms with Crippen LogP contribution in [0.25, 0.3) is 0 Å². The molecule has 0 aromatic heterocycles. The van der Waals surface area contributed by atoms with Crippen LogP contribution in [-0.2, 0) is 9.53 Å². The molecule has 2 unspecified atom stereocenters. The van der Waals surface area contributed by atoms with Crippen LogP contribution in [0.3, 0.4) is 0 Å². The van der Waals surface area contributed by atoms with Crippen molar-refractivity contribution in [3.05, 3.63) is 0 Å². The van der Waals surface area contributed by atoms with Crippen LogP contribution in [0.4, 0.5) is 0 Å². The summed E-state index contributed by atoms with van der Waals surface area (Å²) in [6, 6.07) is 0.279. The molecule has 1 rings (SSSR count). The summed E-state index contributed by atoms with van der Waals surface area (Å²) >= 11 is 0. The zero-order valence-electron chi connectivity index (χ0n) is 8.51. The van der Waals surface area contributed by atoms with E-state index in [-0.39, 0.29) is 18.1 Å². The molecule has 0 aliphatic carbocycles. The third-order valence-electron chi connectivity index (χ3n) is 2.33. The molecule has 13 heavy (non-hydrogen) atoms. The molecule has 1 aliphatic rings. The minimum atomic E-state index is -0.181. The van der Waals surface area contributed by atoms with Gasteiger partial charge < -0.3 is 10.1 Å². The van der Waals surface area contributed by atoms with Gasteiger partial charge in [-0.15, -0.1) is 0 Å². The second-order valence-electron chi connectivity index (χ2n) is 3.70. The van der Waals surface area contributed by atoms with Crippen molar-refractivity contribution in [2.45, 2.75) is 51.7 Å². The summed E-state index contributed by atoms with van der Waals surface area (Å²) < 4.78 is 5.28. The molecule has 1 fully saturated rings. The first-order valence-electron chi connectivity index (χ1n) is 5.16. The fourth-order valence-corrected chi connectivity index (χ4v) is 1.63. The van der Waals surface area contributed by atoms with Gasteiger partial charge >= 0.3 is 0 Å². The predicted octanol–water partition coefficient (Wildman–Crippen LogP) is 1.47. The lowest BCUT2D eigenvalue weighted by atomic mass is 10.1. The van der Waals surface area contributed by atoms with E-state index in [0.717, 1.165) is 32.3 Å². The largest absolute Gasteiger partial charge is 0.368 e. The van der Waals surface area contributed by atoms with E-state index in [4.69, 9.17) is 4.74 Å². The number of rotatable bonds is 4. The average molecular weight is 185 g/mol. The van der Waals surface area contributed by atoms with Crippen molar-refractivity contribution in [3.63, 3.8) is 0 Å². The molecule has 1 N–H and O–H groups in total. The van der Waals surface area contributed by atoms with Gasteiger partial charge in [-0.05, 0) is 26.2 Å². The highest BCUT2D eigenvalue weighted by molar-refractivity contribution is 5.81. The van der Waals surface area contributed by atoms with Gasteiger partial charge in [0.15, 0.2) is 0 Å². The Bertz CT molecular complexity index is 164. The number of ether oxygens (including phenoxy) is 1. The number of hydrogen-bond donors (Lipinski definition) is 1. The Balaban J connectivity index is 2.23. The molecular weight excluding hydrogens is 166 g/mol. The van der Waals surface area contributed by atoms with E-state index in [1.807, 2.05) is 6.92 Å². The Labute approximate surface area is 79.8 Å². The van der Waals surface area contributed by atoms with Gasteiger partial charge in [0.2, 0.25) is 5.91 Å². The molecule has 0 radical (unpaired) electrons. The van der Waals surface area contributed by atoms with Gasteiger partial charge in [0.25, 0.3) is 0 Å². The van der Waals surface area contributed by atoms with Gasteiger partial charge in [-0.25, -0.2) is 0 Å². The Morgan fingerprint density at radius 1 is 1.69 bits per heavy atom. The van der Waals surface area contributed by atoms with E-state index in [0.29, 0.717) is 0 Å². The normalized spacial score (nSPS) is 24.3. The molecule has 0 bridgehead atoms. The van der Waals surface area contributed by atoms with E-state index in [1.165, 1.54) is 0 Å². The smallest absolute Gasteiger partial charge is 0.249 e. The van der Waals surface area contributed by atoms with Crippen molar-refractivity contribution >= 4 is 5.91 Å². The highest BCUT2D eigenvalue weighted by Crippen LogP contribution is 2.12. The van der Waals surface area contributed by atoms with E-state index in [1.54, 1.807) is 0 Å². The molecule has 0 saturated carbocycles. The van der Waals surface area contributed by atoms with Crippen molar-refractivity contribution in [1.29, 1.82) is 0 Å². The van der Waals surface area contributed by atoms with Crippen LogP contribution < -0.4 is 5.32 Å². The lowest BCUT2D eigenvalue weighted by molar-refractivity contribution is -0.130. The van der Waals surface area contributed by atoms with E-state index in [2.05, 4.69) is 12.2 Å². The summed E-state index contributed by atoms with van der Waals surface area (Å²) in [6.45, 7) is 4.89. The number of nitrogens with one attached hydrogen (secondary N) is 1. The minimum Gasteiger partial charge on any atom is -0.368 e. The Morgan fingerprint density at radius 2 is 2.46 bits per heavy atom. The molecule has 1 heterocycles. The van der Waals surface area contributed by atoms with Gasteiger partial charge in [-0.2, -0.15) is 0 Å². The number of carbonyl (C=O) groups excluding carboxylic acids is 1. The summed E-state index contributed by atoms with van der Waals surface area (Å²) in [5.41, 5.74) is 0. The highest BCUT2D eigenvalue weighted by Gasteiger charge is 2.23. The van der Waals surface area contributed by atoms with Gasteiger partial charge in [-0.3, -0.25) is 4.79 Å². The molecule has 1 aliphatic heterocycles. The van der Waals surface area contributed by atoms with E-state index in [9.17, 15) is 4.79 Å². The maximum absolute atomic E-state index is 11.5. The molecule has 2 atom stereocenters. The summed E-state index contributed by atoms with van der Waals surface area (Å²) in [7, 11) is 0. The van der Waals surface area contributed by atoms with Gasteiger partial charge in [0, 0.05) is 12.6 Å². The first kappa shape index (κ1) is 10.5. The maximum Gasteiger partial charge on any atom is 0.249 e. The Morgan fingerprint density at radius 3 is 3.00 bits per heavy atom. The molecule has 1 amide bonds. The molecule has 0 spiro atoms. The number of hydrogen-bond acceptors (Lipinski definition) is 2. The quantitative estimate of drug-likeness (QED) is 0.720. The zero-order chi connectivity index (χ0) is 9.68. The van der Waals surface area contributed by atoms with Crippen LogP contribution in [0.5, 0.6) is 0 Å². The molecule has 0 aromatic carbocycles. The first-order valence-corrected chi connectivity index (χ1v) is 5.16. The average Bonchev–Trinajstić information content (AvgIpc) is 2.55. The molecule has 3 heteroatoms. The minimum absolute atomic E-state index is 0.0680. The topological polar surface area (TPSA) is 38.3 Å². The van der Waals surface area contributed by atoms with Crippen molar-refractivity contribution in [2.75, 3.05) is 6.61 Å². The summed E-state index contributed by atoms with van der Waals surface area (Å²) in [6.07, 6.45) is 3.86. The fourth-order valence-electron chi connectivity index (χ4n) is 1.63. The van der Waals surface area contributed by atoms with Gasteiger partial charge in [-0.1, -0.05) is 13.3 Å². The molecule has 0 aromatic rings. The maximum atomic E-state index is 11.5. The second kappa shape index (κ2) is 5.22. The molecular formula is C10H19NO2. The number of amides is 1. The highest BCUT2D eigenvalue weighted by atomic mass is 16.5. The van der Waals surface area contributed by atoms with Crippen LogP contribution in [0.1, 0.15) is 39.5 Å². The number of carbonyl (C=O) groups is 1. The molecule has 3 nitrogen and oxygen atoms in total. The van der Waals surface area contributed by atoms with Crippen molar-refractivity contribution in [2.24, 2.45) is 0 Å². The van der Waals surface area contributed by atoms with Crippen molar-refractivity contribution in [1.82, 2.24) is 5.32 Å². The van der Waals surface area contributed by atoms with Crippen LogP contribution in [0.15, 0.2) is 0 Å². The summed E-state index contributed by atoms with van der Waals surface area (Å²) in [4.78, 5) is 11.5. The summed E-state index contributed by atoms with van der Waals surface area (Å²) in [5.74, 6) is 0.0680. The molecule has 1 saturated heterocycles. The SMILES string of the molecule is CCCC(C)NC(=O)C1CCCO1. The predicted molar refractivity (Wildman–Crippen MR) is 51.5 cm³/mol. The fraction of sp³-hybridized carbons (Fsp3) is 0.900. The third kappa shape index (κ3) is 3.35. The molecule has 76 valence electrons. The van der Waals surface area contributed by atoms with Crippen LogP contribution in [0.2, 0.25) is 0 Å². The van der Waals surface area contributed by atoms with Crippen molar-refractivity contribution in [3.8, 4) is 0 Å². The second-order valence-corrected chi connectivity index (χ2v) is 3.70. The van der Waals surface area contributed by atoms with E-state index >= 15 is 0 Å². The van der Waals surface area contributed by atoms with Gasteiger partial charge in [0.05, 0.1) is 0 Å². The first-order chi connectivity index (χ1) is 6.24. The van der Waals surface area contributed by atoms with Crippen molar-refractivity contribution < 1.29 is 9.53 Å². The van der Waals surface area contributed by atoms with E-state index < -0.39 is 0 Å². The van der Waals surface area contributed by atoms with Crippen LogP contribution in [0, 0.1) is 0 Å².